The van der Waals surface area contributed by atoms with Gasteiger partial charge in [-0.05, 0) is 0 Å². The molecule has 0 bridgehead atoms. The van der Waals surface area contributed by atoms with E-state index in [-0.39, 0.29) is 78.2 Å². The Morgan fingerprint density at radius 1 is 1.00 bits per heavy atom. The summed E-state index contributed by atoms with van der Waals surface area (Å²) in [5.74, 6) is 0. The van der Waals surface area contributed by atoms with Gasteiger partial charge in [-0.1, -0.05) is 0 Å². The van der Waals surface area contributed by atoms with E-state index in [1.54, 1.807) is 0 Å². The summed E-state index contributed by atoms with van der Waals surface area (Å²) in [6, 6.07) is 0. The molecule has 0 heterocycles. The van der Waals surface area contributed by atoms with Crippen LogP contribution >= 0.6 is 0 Å². The average Bonchev–Trinajstić information content (AvgIpc) is 0. The Kier molecular flexibility index (Phi) is 141. The molecule has 4 heavy (non-hydrogen) atoms. The predicted molar refractivity (Wildman–Crippen MR) is 0 cm³/mol. The van der Waals surface area contributed by atoms with E-state index in [0.717, 1.165) is 0 Å². The predicted octanol–water partition coefficient (Wildman–Crippen LogP) is -0.0100. The molecule has 0 fully saturated rings. The Morgan fingerprint density at radius 3 is 1.00 bits per heavy atom. The molecule has 0 aromatic carbocycles. The van der Waals surface area contributed by atoms with Crippen molar-refractivity contribution < 1.29 is 78.2 Å². The van der Waals surface area contributed by atoms with Crippen molar-refractivity contribution in [1.29, 1.82) is 0 Å². The molecular weight excluding hydrogens is 259 g/mol. The van der Waals surface area contributed by atoms with E-state index in [1.165, 1.54) is 0 Å². The number of hydrogen-bond donors (Lipinski definition) is 0. The maximum absolute atomic E-state index is 0. The van der Waals surface area contributed by atoms with Crippen LogP contribution in [-0.4, -0.2) is 0 Å². The van der Waals surface area contributed by atoms with Gasteiger partial charge in [0.15, 0.2) is 0 Å². The summed E-state index contributed by atoms with van der Waals surface area (Å²) in [5, 5.41) is 0. The average molecular weight is 259 g/mol. The summed E-state index contributed by atoms with van der Waals surface area (Å²) in [7, 11) is 0. The van der Waals surface area contributed by atoms with E-state index in [9.17, 15) is 0 Å². The SMILES string of the molecule is [Cu].[Mn].[Nb].[Ti]. The van der Waals surface area contributed by atoms with Crippen LogP contribution in [-0.2, 0) is 78.2 Å². The first-order valence-electron chi connectivity index (χ1n) is 0. The Morgan fingerprint density at radius 2 is 1.00 bits per heavy atom. The van der Waals surface area contributed by atoms with E-state index >= 15 is 0 Å². The summed E-state index contributed by atoms with van der Waals surface area (Å²) in [4.78, 5) is 0. The van der Waals surface area contributed by atoms with Gasteiger partial charge in [0.25, 0.3) is 0 Å². The van der Waals surface area contributed by atoms with Gasteiger partial charge in [0.1, 0.15) is 0 Å². The second kappa shape index (κ2) is 17.8. The molecule has 0 aliphatic heterocycles. The van der Waals surface area contributed by atoms with Crippen molar-refractivity contribution in [1.82, 2.24) is 0 Å². The fourth-order valence-corrected chi connectivity index (χ4v) is 0. The third-order valence-corrected chi connectivity index (χ3v) is 0. The Bertz CT molecular complexity index is 8.00. The first kappa shape index (κ1) is 31.5. The summed E-state index contributed by atoms with van der Waals surface area (Å²) < 4.78 is 0. The minimum atomic E-state index is 0. The van der Waals surface area contributed by atoms with Gasteiger partial charge in [0, 0.05) is 78.2 Å². The molecule has 3 radical (unpaired) electrons. The second-order valence-corrected chi connectivity index (χ2v) is 0. The van der Waals surface area contributed by atoms with Crippen LogP contribution in [0.15, 0.2) is 0 Å². The molecule has 0 unspecified atom stereocenters. The van der Waals surface area contributed by atoms with Crippen LogP contribution in [0.1, 0.15) is 0 Å². The van der Waals surface area contributed by atoms with Gasteiger partial charge in [-0.15, -0.1) is 0 Å². The second-order valence-electron chi connectivity index (χ2n) is 0. The molecule has 0 spiro atoms. The van der Waals surface area contributed by atoms with Crippen LogP contribution in [0, 0.1) is 0 Å². The maximum Gasteiger partial charge on any atom is 0 e. The number of rotatable bonds is 0. The fourth-order valence-electron chi connectivity index (χ4n) is 0. The van der Waals surface area contributed by atoms with Crippen LogP contribution < -0.4 is 0 Å². The van der Waals surface area contributed by atoms with Gasteiger partial charge in [-0.2, -0.15) is 0 Å². The van der Waals surface area contributed by atoms with Crippen molar-refractivity contribution >= 4 is 0 Å². The molecule has 27 valence electrons. The van der Waals surface area contributed by atoms with Crippen LogP contribution in [0.3, 0.4) is 0 Å². The summed E-state index contributed by atoms with van der Waals surface area (Å²) >= 11 is 0. The van der Waals surface area contributed by atoms with E-state index in [1.807, 2.05) is 0 Å². The summed E-state index contributed by atoms with van der Waals surface area (Å²) in [5.41, 5.74) is 0. The van der Waals surface area contributed by atoms with E-state index in [4.69, 9.17) is 0 Å². The van der Waals surface area contributed by atoms with E-state index < -0.39 is 0 Å². The molecule has 0 atom stereocenters. The Labute approximate surface area is 77.2 Å². The minimum absolute atomic E-state index is 0. The Balaban J connectivity index is 0. The van der Waals surface area contributed by atoms with Crippen molar-refractivity contribution in [2.24, 2.45) is 0 Å². The third-order valence-electron chi connectivity index (χ3n) is 0. The molecule has 0 saturated heterocycles. The molecule has 4 heteroatoms. The molecular formula is CuMnNbTi. The third kappa shape index (κ3) is 8.82. The Hall–Kier alpha value is 2.49. The zero-order valence-corrected chi connectivity index (χ0v) is 7.51. The van der Waals surface area contributed by atoms with Gasteiger partial charge in [-0.25, -0.2) is 0 Å². The molecule has 0 aliphatic rings. The van der Waals surface area contributed by atoms with E-state index in [2.05, 4.69) is 0 Å². The van der Waals surface area contributed by atoms with E-state index in [0.29, 0.717) is 0 Å². The minimum Gasteiger partial charge on any atom is 0 e. The van der Waals surface area contributed by atoms with Crippen molar-refractivity contribution in [2.75, 3.05) is 0 Å². The molecule has 0 rings (SSSR count). The monoisotopic (exact) mass is 259 g/mol. The quantitative estimate of drug-likeness (QED) is 0.537. The topological polar surface area (TPSA) is 0 Å². The standard InChI is InChI=1S/Cu.Mn.Nb.Ti. The smallest absolute Gasteiger partial charge is 0 e. The summed E-state index contributed by atoms with van der Waals surface area (Å²) in [6.45, 7) is 0. The van der Waals surface area contributed by atoms with Gasteiger partial charge >= 0.3 is 0 Å². The van der Waals surface area contributed by atoms with Crippen molar-refractivity contribution in [3.63, 3.8) is 0 Å². The van der Waals surface area contributed by atoms with Crippen LogP contribution in [0.5, 0.6) is 0 Å². The normalized spacial score (nSPS) is 0. The van der Waals surface area contributed by atoms with Gasteiger partial charge in [0.2, 0.25) is 0 Å². The first-order chi connectivity index (χ1) is 0. The van der Waals surface area contributed by atoms with Crippen molar-refractivity contribution in [2.45, 2.75) is 0 Å². The van der Waals surface area contributed by atoms with Gasteiger partial charge in [0.05, 0.1) is 0 Å². The molecule has 0 amide bonds. The summed E-state index contributed by atoms with van der Waals surface area (Å²) in [6.07, 6.45) is 0. The zero-order chi connectivity index (χ0) is 0. The largest absolute Gasteiger partial charge is 0 e. The van der Waals surface area contributed by atoms with Gasteiger partial charge in [-0.3, -0.25) is 0 Å². The van der Waals surface area contributed by atoms with Crippen molar-refractivity contribution in [3.05, 3.63) is 0 Å². The van der Waals surface area contributed by atoms with Crippen molar-refractivity contribution in [3.8, 4) is 0 Å². The maximum atomic E-state index is 0. The molecule has 0 aromatic rings. The molecule has 0 N–H and O–H groups in total. The van der Waals surface area contributed by atoms with Crippen LogP contribution in [0.25, 0.3) is 0 Å². The van der Waals surface area contributed by atoms with Crippen LogP contribution in [0.2, 0.25) is 0 Å². The van der Waals surface area contributed by atoms with Crippen LogP contribution in [0.4, 0.5) is 0 Å². The first-order valence-corrected chi connectivity index (χ1v) is 0. The fraction of sp³-hybridized carbons (Fsp3) is 0. The van der Waals surface area contributed by atoms with Gasteiger partial charge < -0.3 is 0 Å². The zero-order valence-electron chi connectivity index (χ0n) is 1.63. The molecule has 0 nitrogen and oxygen atoms in total. The molecule has 0 aliphatic carbocycles. The number of hydrogen-bond acceptors (Lipinski definition) is 0. The molecule has 0 aromatic heterocycles. The molecule has 0 saturated carbocycles.